The molecule has 0 amide bonds. The number of hydrogen-bond donors (Lipinski definition) is 0. The number of imidazole rings is 1. The third kappa shape index (κ3) is 4.76. The van der Waals surface area contributed by atoms with E-state index in [1.165, 1.54) is 0 Å². The highest BCUT2D eigenvalue weighted by Gasteiger charge is 2.51. The van der Waals surface area contributed by atoms with Crippen LogP contribution in [0, 0.1) is 0 Å². The van der Waals surface area contributed by atoms with Gasteiger partial charge in [0, 0.05) is 19.9 Å². The monoisotopic (exact) mass is 495 g/mol. The van der Waals surface area contributed by atoms with Gasteiger partial charge in [-0.2, -0.15) is 4.98 Å². The number of hydrogen-bond acceptors (Lipinski definition) is 9. The highest BCUT2D eigenvalue weighted by Crippen LogP contribution is 2.46. The molecule has 0 N–H and O–H groups in total. The number of halogens is 1. The van der Waals surface area contributed by atoms with Crippen molar-refractivity contribution in [2.75, 3.05) is 24.4 Å². The number of aromatic nitrogens is 4. The van der Waals surface area contributed by atoms with Gasteiger partial charge in [0.2, 0.25) is 5.28 Å². The molecule has 3 fully saturated rings. The Hall–Kier alpha value is -1.00. The summed E-state index contributed by atoms with van der Waals surface area (Å²) < 4.78 is 38.1. The smallest absolute Gasteiger partial charge is 0.418 e. The Kier molecular flexibility index (Phi) is 6.28. The Morgan fingerprint density at radius 2 is 1.91 bits per heavy atom. The molecule has 0 radical (unpaired) electrons. The van der Waals surface area contributed by atoms with Crippen LogP contribution in [0.3, 0.4) is 0 Å². The minimum absolute atomic E-state index is 0.0892. The van der Waals surface area contributed by atoms with Crippen molar-refractivity contribution in [3.05, 3.63) is 11.6 Å². The van der Waals surface area contributed by atoms with E-state index < -0.39 is 8.30 Å². The van der Waals surface area contributed by atoms with E-state index in [1.807, 2.05) is 9.29 Å². The van der Waals surface area contributed by atoms with E-state index in [-0.39, 0.29) is 44.7 Å². The van der Waals surface area contributed by atoms with Gasteiger partial charge in [-0.3, -0.25) is 9.24 Å². The predicted molar refractivity (Wildman–Crippen MR) is 130 cm³/mol. The van der Waals surface area contributed by atoms with Crippen LogP contribution in [0.2, 0.25) is 5.28 Å². The number of rotatable bonds is 9. The Bertz CT molecular complexity index is 1010. The zero-order chi connectivity index (χ0) is 24.1. The lowest BCUT2D eigenvalue weighted by molar-refractivity contribution is -0.00224. The molecular formula is C19H30B2ClN6O4P. The molecule has 5 rings (SSSR count). The van der Waals surface area contributed by atoms with Crippen molar-refractivity contribution in [2.45, 2.75) is 71.5 Å². The zero-order valence-corrected chi connectivity index (χ0v) is 21.2. The first-order valence-corrected chi connectivity index (χ1v) is 13.4. The molecule has 3 aliphatic rings. The first kappa shape index (κ1) is 22.5. The fraction of sp³-hybridized carbons (Fsp3) is 0.737. The summed E-state index contributed by atoms with van der Waals surface area (Å²) in [4.78, 5) is 13.5. The molecule has 0 aromatic carbocycles. The molecule has 0 spiro atoms. The standard InChI is InChI=1S/C19H30B2ClN6O4P/c1-11(2)27(12(3)4)33(6)32-14-7-15(31-13(14)5)26-10-23-16-17(26)24-19(22)25-18(16)28(20-8-29-20)21-9-30-21/h10-15H,7-9H2,1-6H3/t13-,14-,15-,33?/m1/s1/i5D. The summed E-state index contributed by atoms with van der Waals surface area (Å²) in [5.41, 5.74) is 1.20. The molecule has 14 heteroatoms. The van der Waals surface area contributed by atoms with Gasteiger partial charge in [0.15, 0.2) is 5.65 Å². The highest BCUT2D eigenvalue weighted by molar-refractivity contribution is 7.49. The van der Waals surface area contributed by atoms with Crippen molar-refractivity contribution < 1.29 is 19.9 Å². The van der Waals surface area contributed by atoms with Crippen LogP contribution in [-0.2, 0) is 18.6 Å². The number of anilines is 1. The predicted octanol–water partition coefficient (Wildman–Crippen LogP) is 3.15. The van der Waals surface area contributed by atoms with Gasteiger partial charge in [0.05, 0.1) is 31.5 Å². The minimum atomic E-state index is -0.833. The molecule has 10 nitrogen and oxygen atoms in total. The van der Waals surface area contributed by atoms with E-state index in [9.17, 15) is 0 Å². The summed E-state index contributed by atoms with van der Waals surface area (Å²) in [6.45, 7) is 12.2. The molecule has 2 aromatic rings. The van der Waals surface area contributed by atoms with Gasteiger partial charge >= 0.3 is 14.1 Å². The van der Waals surface area contributed by atoms with Crippen LogP contribution in [0.4, 0.5) is 5.82 Å². The molecule has 0 aliphatic carbocycles. The molecule has 3 saturated heterocycles. The average molecular weight is 496 g/mol. The molecular weight excluding hydrogens is 464 g/mol. The summed E-state index contributed by atoms with van der Waals surface area (Å²) >= 11 is 6.33. The van der Waals surface area contributed by atoms with E-state index in [2.05, 4.69) is 54.0 Å². The Labute approximate surface area is 202 Å². The number of fused-ring (bicyclic) bond motifs is 1. The second-order valence-electron chi connectivity index (χ2n) is 9.16. The van der Waals surface area contributed by atoms with Crippen molar-refractivity contribution >= 4 is 51.0 Å². The lowest BCUT2D eigenvalue weighted by Gasteiger charge is -2.36. The molecule has 4 atom stereocenters. The van der Waals surface area contributed by atoms with E-state index in [1.54, 1.807) is 6.33 Å². The molecule has 3 aliphatic heterocycles. The van der Waals surface area contributed by atoms with Crippen molar-refractivity contribution in [2.24, 2.45) is 0 Å². The van der Waals surface area contributed by atoms with Crippen LogP contribution in [0.25, 0.3) is 11.2 Å². The van der Waals surface area contributed by atoms with E-state index >= 15 is 0 Å². The van der Waals surface area contributed by atoms with Crippen molar-refractivity contribution in [1.29, 1.82) is 0 Å². The van der Waals surface area contributed by atoms with E-state index in [4.69, 9.17) is 31.5 Å². The van der Waals surface area contributed by atoms with E-state index in [0.29, 0.717) is 48.5 Å². The average Bonchev–Trinajstić information content (AvgIpc) is 3.69. The van der Waals surface area contributed by atoms with Gasteiger partial charge in [-0.1, -0.05) is 0 Å². The summed E-state index contributed by atoms with van der Waals surface area (Å²) in [7, 11) is -1.01. The Morgan fingerprint density at radius 3 is 2.48 bits per heavy atom. The maximum absolute atomic E-state index is 8.04. The molecule has 178 valence electrons. The van der Waals surface area contributed by atoms with Crippen LogP contribution in [0.15, 0.2) is 6.33 Å². The summed E-state index contributed by atoms with van der Waals surface area (Å²) in [5, 5.41) is 0.125. The second-order valence-corrected chi connectivity index (χ2v) is 11.1. The fourth-order valence-electron chi connectivity index (χ4n) is 4.61. The minimum Gasteiger partial charge on any atom is -0.418 e. The third-order valence-electron chi connectivity index (χ3n) is 6.03. The fourth-order valence-corrected chi connectivity index (χ4v) is 6.80. The molecule has 0 saturated carbocycles. The topological polar surface area (TPSA) is 93.6 Å². The number of ether oxygens (including phenoxy) is 1. The maximum atomic E-state index is 8.04. The number of nitrogens with zero attached hydrogens (tertiary/aromatic N) is 6. The quantitative estimate of drug-likeness (QED) is 0.225. The van der Waals surface area contributed by atoms with Crippen LogP contribution < -0.4 is 4.72 Å². The van der Waals surface area contributed by atoms with Crippen LogP contribution in [0.5, 0.6) is 0 Å². The van der Waals surface area contributed by atoms with Gasteiger partial charge < -0.3 is 23.3 Å². The largest absolute Gasteiger partial charge is 0.431 e. The Morgan fingerprint density at radius 1 is 1.24 bits per heavy atom. The lowest BCUT2D eigenvalue weighted by Crippen LogP contribution is -2.38. The normalized spacial score (nSPS) is 26.1. The summed E-state index contributed by atoms with van der Waals surface area (Å²) in [5.74, 6) is 0.600. The highest BCUT2D eigenvalue weighted by atomic mass is 35.5. The first-order chi connectivity index (χ1) is 16.3. The van der Waals surface area contributed by atoms with Crippen LogP contribution in [-0.4, -0.2) is 82.3 Å². The van der Waals surface area contributed by atoms with Crippen LogP contribution in [0.1, 0.15) is 48.6 Å². The van der Waals surface area contributed by atoms with Gasteiger partial charge in [-0.05, 0) is 52.9 Å². The second kappa shape index (κ2) is 9.22. The molecule has 5 heterocycles. The molecule has 33 heavy (non-hydrogen) atoms. The molecule has 0 bridgehead atoms. The third-order valence-corrected chi connectivity index (χ3v) is 8.35. The zero-order valence-electron chi connectivity index (χ0n) is 20.6. The van der Waals surface area contributed by atoms with Gasteiger partial charge in [-0.25, -0.2) is 9.97 Å². The molecule has 1 unspecified atom stereocenters. The van der Waals surface area contributed by atoms with Gasteiger partial charge in [0.25, 0.3) is 0 Å². The molecule has 2 aromatic heterocycles. The van der Waals surface area contributed by atoms with Gasteiger partial charge in [-0.15, -0.1) is 0 Å². The van der Waals surface area contributed by atoms with Gasteiger partial charge in [0.1, 0.15) is 25.9 Å². The van der Waals surface area contributed by atoms with E-state index in [0.717, 1.165) is 0 Å². The maximum Gasteiger partial charge on any atom is 0.431 e. The first-order valence-electron chi connectivity index (χ1n) is 12.0. The summed E-state index contributed by atoms with van der Waals surface area (Å²) in [6.07, 6.45) is 1.42. The Balaban J connectivity index is 1.40. The van der Waals surface area contributed by atoms with Crippen molar-refractivity contribution in [3.8, 4) is 0 Å². The summed E-state index contributed by atoms with van der Waals surface area (Å²) in [6, 6.07) is 0.736. The van der Waals surface area contributed by atoms with Crippen LogP contribution >= 0.6 is 19.9 Å². The van der Waals surface area contributed by atoms with Crippen molar-refractivity contribution in [3.63, 3.8) is 0 Å². The lowest BCUT2D eigenvalue weighted by atomic mass is 9.77. The SMILES string of the molecule is [2H]C[C@H]1O[C@@H](n2cnc3c(N(B4CO4)B4CO4)nc(Cl)nc32)C[C@H]1OP(C)N(C(C)C)C(C)C. The van der Waals surface area contributed by atoms with Crippen molar-refractivity contribution in [1.82, 2.24) is 24.2 Å².